The summed E-state index contributed by atoms with van der Waals surface area (Å²) in [6, 6.07) is 11.6. The number of methoxy groups -OCH3 is 2. The van der Waals surface area contributed by atoms with E-state index in [0.717, 1.165) is 109 Å². The Morgan fingerprint density at radius 2 is 1.63 bits per heavy atom. The molecule has 2 aromatic carbocycles. The van der Waals surface area contributed by atoms with Crippen LogP contribution >= 0.6 is 0 Å². The first kappa shape index (κ1) is 34.3. The van der Waals surface area contributed by atoms with Crippen molar-refractivity contribution in [1.29, 1.82) is 0 Å². The van der Waals surface area contributed by atoms with E-state index in [4.69, 9.17) is 9.47 Å². The predicted octanol–water partition coefficient (Wildman–Crippen LogP) is 3.69. The van der Waals surface area contributed by atoms with Crippen LogP contribution in [0.4, 0.5) is 11.5 Å². The van der Waals surface area contributed by atoms with Gasteiger partial charge in [-0.2, -0.15) is 0 Å². The first-order valence-corrected chi connectivity index (χ1v) is 18.9. The highest BCUT2D eigenvalue weighted by molar-refractivity contribution is 6.05. The number of nitrogens with zero attached hydrogens (tertiary/aromatic N) is 6. The molecule has 1 spiro atoms. The van der Waals surface area contributed by atoms with Crippen molar-refractivity contribution in [2.24, 2.45) is 12.5 Å². The third kappa shape index (κ3) is 5.76. The Hall–Kier alpha value is -5.43. The molecule has 0 saturated carbocycles. The van der Waals surface area contributed by atoms with Gasteiger partial charge in [-0.25, -0.2) is 4.98 Å². The molecule has 7 heterocycles. The molecule has 4 saturated heterocycles. The molecule has 1 unspecified atom stereocenters. The highest BCUT2D eigenvalue weighted by Gasteiger charge is 2.46. The number of carbonyl (C=O) groups is 3. The lowest BCUT2D eigenvalue weighted by Crippen LogP contribution is -2.60. The molecule has 280 valence electrons. The molecular weight excluding hydrogens is 686 g/mol. The zero-order valence-electron chi connectivity index (χ0n) is 31.0. The van der Waals surface area contributed by atoms with Crippen molar-refractivity contribution in [2.45, 2.75) is 51.2 Å². The quantitative estimate of drug-likeness (QED) is 0.268. The third-order valence-electron chi connectivity index (χ3n) is 12.4. The molecule has 1 atom stereocenters. The Labute approximate surface area is 313 Å². The van der Waals surface area contributed by atoms with Crippen molar-refractivity contribution < 1.29 is 23.9 Å². The van der Waals surface area contributed by atoms with Crippen molar-refractivity contribution in [3.8, 4) is 22.6 Å². The number of aromatic nitrogens is 2. The predicted molar refractivity (Wildman–Crippen MR) is 204 cm³/mol. The Balaban J connectivity index is 0.876. The fourth-order valence-corrected chi connectivity index (χ4v) is 9.02. The second-order valence-corrected chi connectivity index (χ2v) is 15.6. The summed E-state index contributed by atoms with van der Waals surface area (Å²) in [5.41, 5.74) is 5.70. The number of likely N-dealkylation sites (tertiary alicyclic amines) is 1. The van der Waals surface area contributed by atoms with E-state index in [1.165, 1.54) is 0 Å². The highest BCUT2D eigenvalue weighted by Crippen LogP contribution is 2.45. The summed E-state index contributed by atoms with van der Waals surface area (Å²) in [5, 5.41) is 3.83. The maximum Gasteiger partial charge on any atom is 0.259 e. The number of nitrogens with one attached hydrogen (secondary N) is 1. The molecule has 5 aliphatic rings. The van der Waals surface area contributed by atoms with Gasteiger partial charge in [-0.1, -0.05) is 0 Å². The van der Waals surface area contributed by atoms with Gasteiger partial charge in [0.15, 0.2) is 0 Å². The first-order valence-electron chi connectivity index (χ1n) is 18.9. The molecule has 4 aromatic rings. The minimum atomic E-state index is -0.608. The summed E-state index contributed by atoms with van der Waals surface area (Å²) in [6.07, 6.45) is 7.51. The van der Waals surface area contributed by atoms with Gasteiger partial charge in [0.2, 0.25) is 11.8 Å². The van der Waals surface area contributed by atoms with E-state index in [2.05, 4.69) is 43.2 Å². The number of anilines is 2. The number of benzene rings is 2. The van der Waals surface area contributed by atoms with Crippen LogP contribution in [0.1, 0.15) is 53.6 Å². The summed E-state index contributed by atoms with van der Waals surface area (Å²) in [4.78, 5) is 63.7. The zero-order chi connectivity index (χ0) is 37.3. The Morgan fingerprint density at radius 3 is 2.30 bits per heavy atom. The summed E-state index contributed by atoms with van der Waals surface area (Å²) < 4.78 is 13.6. The Bertz CT molecular complexity index is 2240. The van der Waals surface area contributed by atoms with Crippen LogP contribution in [0.2, 0.25) is 0 Å². The van der Waals surface area contributed by atoms with Gasteiger partial charge in [-0.15, -0.1) is 0 Å². The molecule has 4 fully saturated rings. The van der Waals surface area contributed by atoms with Crippen molar-refractivity contribution >= 4 is 40.0 Å². The van der Waals surface area contributed by atoms with E-state index in [-0.39, 0.29) is 35.1 Å². The highest BCUT2D eigenvalue weighted by atomic mass is 16.5. The molecule has 0 aliphatic carbocycles. The molecule has 1 N–H and O–H groups in total. The normalized spacial score (nSPS) is 20.9. The van der Waals surface area contributed by atoms with E-state index in [1.807, 2.05) is 24.4 Å². The largest absolute Gasteiger partial charge is 0.496 e. The van der Waals surface area contributed by atoms with Crippen LogP contribution in [-0.4, -0.2) is 96.6 Å². The smallest absolute Gasteiger partial charge is 0.259 e. The molecule has 3 amide bonds. The molecule has 0 radical (unpaired) electrons. The lowest BCUT2D eigenvalue weighted by molar-refractivity contribution is -0.136. The van der Waals surface area contributed by atoms with Gasteiger partial charge < -0.3 is 28.7 Å². The maximum atomic E-state index is 13.2. The third-order valence-corrected chi connectivity index (χ3v) is 12.4. The Morgan fingerprint density at radius 1 is 0.889 bits per heavy atom. The topological polar surface area (TPSA) is 130 Å². The van der Waals surface area contributed by atoms with Crippen LogP contribution in [0.5, 0.6) is 11.5 Å². The fourth-order valence-electron chi connectivity index (χ4n) is 9.02. The first-order chi connectivity index (χ1) is 26.1. The van der Waals surface area contributed by atoms with Crippen molar-refractivity contribution in [3.63, 3.8) is 0 Å². The lowest BCUT2D eigenvalue weighted by Gasteiger charge is -2.55. The number of fused-ring (bicyclic) bond motifs is 2. The van der Waals surface area contributed by atoms with Crippen LogP contribution in [0.3, 0.4) is 0 Å². The number of pyridine rings is 2. The van der Waals surface area contributed by atoms with Crippen molar-refractivity contribution in [1.82, 2.24) is 24.7 Å². The lowest BCUT2D eigenvalue weighted by atomic mass is 9.71. The SMILES string of the molecule is COc1cc(-c2cn(C)c(=O)c3cnc(N4CCC4)cc23)cc(OC)c1CN1CCC2(CC1)CN(c1ccc3c(c1)CN(C1CCC(=O)NC1=O)C3=O)C2. The van der Waals surface area contributed by atoms with Gasteiger partial charge in [-0.3, -0.25) is 29.4 Å². The van der Waals surface area contributed by atoms with E-state index in [1.54, 1.807) is 36.9 Å². The number of imide groups is 1. The van der Waals surface area contributed by atoms with Crippen LogP contribution in [-0.2, 0) is 29.7 Å². The number of amides is 3. The summed E-state index contributed by atoms with van der Waals surface area (Å²) in [7, 11) is 5.17. The minimum absolute atomic E-state index is 0.0773. The molecule has 0 bridgehead atoms. The number of piperidine rings is 2. The summed E-state index contributed by atoms with van der Waals surface area (Å²) >= 11 is 0. The number of rotatable bonds is 8. The second-order valence-electron chi connectivity index (χ2n) is 15.6. The second kappa shape index (κ2) is 13.2. The summed E-state index contributed by atoms with van der Waals surface area (Å²) in [6.45, 7) is 6.87. The maximum absolute atomic E-state index is 13.2. The van der Waals surface area contributed by atoms with Gasteiger partial charge in [0, 0.05) is 92.7 Å². The number of aryl methyl sites for hydroxylation is 1. The number of hydrogen-bond donors (Lipinski definition) is 1. The standard InChI is InChI=1S/C41H45N7O6/c1-44-21-31(29-18-36(46-11-4-12-46)42-19-30(29)39(44)51)25-16-34(53-2)32(35(17-25)54-3)22-45-13-9-41(10-14-45)23-47(24-41)27-5-6-28-26(15-27)20-48(40(28)52)33-7-8-37(49)43-38(33)50/h5-6,15-19,21,33H,4,7-14,20,22-24H2,1-3H3,(H,43,49,50). The molecule has 5 aliphatic heterocycles. The molecule has 13 heteroatoms. The number of ether oxygens (including phenoxy) is 2. The average molecular weight is 732 g/mol. The van der Waals surface area contributed by atoms with Crippen LogP contribution in [0.25, 0.3) is 21.9 Å². The number of hydrogen-bond acceptors (Lipinski definition) is 10. The van der Waals surface area contributed by atoms with E-state index < -0.39 is 6.04 Å². The molecule has 2 aromatic heterocycles. The van der Waals surface area contributed by atoms with Crippen LogP contribution in [0, 0.1) is 5.41 Å². The molecule has 9 rings (SSSR count). The average Bonchev–Trinajstić information content (AvgIpc) is 3.46. The van der Waals surface area contributed by atoms with Gasteiger partial charge >= 0.3 is 0 Å². The number of carbonyl (C=O) groups excluding carboxylic acids is 3. The van der Waals surface area contributed by atoms with Gasteiger partial charge in [0.1, 0.15) is 23.4 Å². The molecular formula is C41H45N7O6. The molecule has 13 nitrogen and oxygen atoms in total. The van der Waals surface area contributed by atoms with E-state index >= 15 is 0 Å². The van der Waals surface area contributed by atoms with Crippen molar-refractivity contribution in [3.05, 3.63) is 75.8 Å². The van der Waals surface area contributed by atoms with Crippen molar-refractivity contribution in [2.75, 3.05) is 63.3 Å². The van der Waals surface area contributed by atoms with E-state index in [0.29, 0.717) is 30.5 Å². The van der Waals surface area contributed by atoms with Gasteiger partial charge in [0.25, 0.3) is 11.5 Å². The Kier molecular flexibility index (Phi) is 8.36. The van der Waals surface area contributed by atoms with Gasteiger partial charge in [-0.05, 0) is 86.3 Å². The monoisotopic (exact) mass is 731 g/mol. The van der Waals surface area contributed by atoms with Crippen LogP contribution < -0.4 is 30.1 Å². The van der Waals surface area contributed by atoms with E-state index in [9.17, 15) is 19.2 Å². The minimum Gasteiger partial charge on any atom is -0.496 e. The summed E-state index contributed by atoms with van der Waals surface area (Å²) in [5.74, 6) is 1.58. The van der Waals surface area contributed by atoms with Gasteiger partial charge in [0.05, 0.1) is 25.2 Å². The fraction of sp³-hybridized carbons (Fsp3) is 0.439. The zero-order valence-corrected chi connectivity index (χ0v) is 31.0. The van der Waals surface area contributed by atoms with Crippen LogP contribution in [0.15, 0.2) is 53.6 Å². The molecule has 54 heavy (non-hydrogen) atoms.